The molecule has 2 atom stereocenters. The summed E-state index contributed by atoms with van der Waals surface area (Å²) in [5.41, 5.74) is -10.6. The lowest BCUT2D eigenvalue weighted by atomic mass is 9.61. The number of fused-ring (bicyclic) bond motifs is 3. The minimum atomic E-state index is -5.28. The number of nitrogens with one attached hydrogen (secondary N) is 1. The molecule has 2 aliphatic rings. The average molecular weight is 552 g/mol. The van der Waals surface area contributed by atoms with Crippen LogP contribution in [0.4, 0.5) is 0 Å². The molecule has 1 aromatic heterocycles. The van der Waals surface area contributed by atoms with Gasteiger partial charge in [0.15, 0.2) is 5.69 Å². The van der Waals surface area contributed by atoms with Crippen molar-refractivity contribution in [1.82, 2.24) is 20.0 Å². The molecule has 2 aromatic rings. The molecule has 1 aromatic carbocycles. The van der Waals surface area contributed by atoms with Gasteiger partial charge in [0.2, 0.25) is 23.0 Å². The maximum Gasteiger partial charge on any atom is 0.351 e. The number of aliphatic hydroxyl groups is 15. The Kier molecular flexibility index (Phi) is 5.54. The van der Waals surface area contributed by atoms with Crippen molar-refractivity contribution in [1.29, 1.82) is 0 Å². The third-order valence-electron chi connectivity index (χ3n) is 6.97. The zero-order valence-electron chi connectivity index (χ0n) is 18.8. The predicted molar refractivity (Wildman–Crippen MR) is 109 cm³/mol. The third kappa shape index (κ3) is 2.80. The molecule has 4 rings (SSSR count). The van der Waals surface area contributed by atoms with Crippen LogP contribution in [0.25, 0.3) is 10.9 Å². The Labute approximate surface area is 208 Å². The summed E-state index contributed by atoms with van der Waals surface area (Å²) in [4.78, 5) is 11.4. The largest absolute Gasteiger partial charge is 0.366 e. The molecule has 38 heavy (non-hydrogen) atoms. The molecule has 2 unspecified atom stereocenters. The summed E-state index contributed by atoms with van der Waals surface area (Å²) in [6.07, 6.45) is -5.09. The minimum absolute atomic E-state index is 0.0488. The van der Waals surface area contributed by atoms with Crippen molar-refractivity contribution in [3.05, 3.63) is 30.0 Å². The number of carbonyl (C=O) groups is 1. The van der Waals surface area contributed by atoms with Crippen molar-refractivity contribution in [2.75, 3.05) is 0 Å². The quantitative estimate of drug-likeness (QED) is 0.157. The van der Waals surface area contributed by atoms with Crippen LogP contribution in [-0.4, -0.2) is 150 Å². The van der Waals surface area contributed by atoms with Crippen molar-refractivity contribution in [3.8, 4) is 0 Å². The zero-order valence-corrected chi connectivity index (χ0v) is 18.8. The van der Waals surface area contributed by atoms with Crippen LogP contribution in [-0.2, 0) is 7.05 Å². The lowest BCUT2D eigenvalue weighted by Gasteiger charge is -2.73. The summed E-state index contributed by atoms with van der Waals surface area (Å²) in [6, 6.07) is 2.21. The summed E-state index contributed by atoms with van der Waals surface area (Å²) in [6.45, 7) is 0. The van der Waals surface area contributed by atoms with Gasteiger partial charge in [-0.3, -0.25) is 9.48 Å². The molecule has 3 heterocycles. The van der Waals surface area contributed by atoms with E-state index in [1.807, 2.05) is 0 Å². The van der Waals surface area contributed by atoms with E-state index in [-0.39, 0.29) is 5.39 Å². The highest BCUT2D eigenvalue weighted by molar-refractivity contribution is 6.05. The number of rotatable bonds is 3. The fraction of sp³-hybridized carbons (Fsp3) is 0.556. The van der Waals surface area contributed by atoms with Crippen molar-refractivity contribution >= 4 is 16.8 Å². The van der Waals surface area contributed by atoms with E-state index >= 15 is 0 Å². The summed E-state index contributed by atoms with van der Waals surface area (Å²) >= 11 is 0. The van der Waals surface area contributed by atoms with Gasteiger partial charge in [-0.15, -0.1) is 4.90 Å². The van der Waals surface area contributed by atoms with Crippen LogP contribution in [0.1, 0.15) is 10.5 Å². The zero-order chi connectivity index (χ0) is 29.3. The van der Waals surface area contributed by atoms with Gasteiger partial charge in [-0.1, -0.05) is 18.2 Å². The summed E-state index contributed by atoms with van der Waals surface area (Å²) in [5, 5.41) is 161. The van der Waals surface area contributed by atoms with Gasteiger partial charge >= 0.3 is 6.10 Å². The number of benzene rings is 1. The Balaban J connectivity index is 2.01. The lowest BCUT2D eigenvalue weighted by molar-refractivity contribution is -0.671. The molecule has 20 heteroatoms. The van der Waals surface area contributed by atoms with Gasteiger partial charge in [0.25, 0.3) is 23.3 Å². The first-order chi connectivity index (χ1) is 16.9. The van der Waals surface area contributed by atoms with E-state index < -0.39 is 69.0 Å². The average Bonchev–Trinajstić information content (AvgIpc) is 3.10. The Hall–Kier alpha value is -2.48. The predicted octanol–water partition coefficient (Wildman–Crippen LogP) is -9.63. The van der Waals surface area contributed by atoms with Crippen LogP contribution in [0, 0.1) is 0 Å². The first-order valence-electron chi connectivity index (χ1n) is 10.3. The topological polar surface area (TPSA) is 354 Å². The van der Waals surface area contributed by atoms with Crippen molar-refractivity contribution < 1.29 is 81.4 Å². The maximum absolute atomic E-state index is 13.1. The SMILES string of the molecule is Cn1nc(C(=O)NC2C(O)(O)C3(O)N(C(O)(O)O)C(O)(C2(O)O)C(O)(O)C(O)(O)C3(O)O)c2ccccc21. The van der Waals surface area contributed by atoms with Gasteiger partial charge in [-0.2, -0.15) is 5.10 Å². The molecule has 16 N–H and O–H groups in total. The molecule has 2 saturated heterocycles. The van der Waals surface area contributed by atoms with Crippen LogP contribution >= 0.6 is 0 Å². The van der Waals surface area contributed by atoms with Gasteiger partial charge < -0.3 is 81.9 Å². The second-order valence-corrected chi connectivity index (χ2v) is 9.14. The second kappa shape index (κ2) is 7.38. The van der Waals surface area contributed by atoms with E-state index in [1.54, 1.807) is 0 Å². The van der Waals surface area contributed by atoms with E-state index in [1.165, 1.54) is 36.6 Å². The molecule has 2 fully saturated rings. The van der Waals surface area contributed by atoms with Gasteiger partial charge in [0, 0.05) is 12.4 Å². The number of hydrogen-bond acceptors (Lipinski definition) is 18. The standard InChI is InChI=1S/C18H24N4O16/c1-21-7-5-3-2-4-6(7)8(20-21)9(23)19-10-11(24,25)13(28)15(30,31)17(34,35)16(32,33)14(29,12(10,26)27)22(13)18(36,37)38/h2-5,10,24-38H,1H3,(H,19,23). The fourth-order valence-corrected chi connectivity index (χ4v) is 5.02. The van der Waals surface area contributed by atoms with Crippen LogP contribution in [0.15, 0.2) is 24.3 Å². The molecule has 20 nitrogen and oxygen atoms in total. The van der Waals surface area contributed by atoms with Gasteiger partial charge in [0.05, 0.1) is 5.52 Å². The summed E-state index contributed by atoms with van der Waals surface area (Å²) in [7, 11) is 1.36. The van der Waals surface area contributed by atoms with Crippen molar-refractivity contribution in [2.45, 2.75) is 52.5 Å². The molecule has 212 valence electrons. The minimum Gasteiger partial charge on any atom is -0.366 e. The lowest BCUT2D eigenvalue weighted by Crippen LogP contribution is -3.07. The summed E-state index contributed by atoms with van der Waals surface area (Å²) in [5.74, 6) is -27.2. The van der Waals surface area contributed by atoms with E-state index in [2.05, 4.69) is 5.10 Å². The second-order valence-electron chi connectivity index (χ2n) is 9.14. The number of carbonyl (C=O) groups excluding carboxylic acids is 1. The highest BCUT2D eigenvalue weighted by Gasteiger charge is 2.99. The number of piperidine rings is 2. The third-order valence-corrected chi connectivity index (χ3v) is 6.97. The van der Waals surface area contributed by atoms with Gasteiger partial charge in [-0.25, -0.2) is 0 Å². The Morgan fingerprint density at radius 3 is 1.71 bits per heavy atom. The molecule has 2 aliphatic heterocycles. The maximum atomic E-state index is 13.1. The molecular weight excluding hydrogens is 528 g/mol. The first kappa shape index (κ1) is 28.5. The Bertz CT molecular complexity index is 1270. The fourth-order valence-electron chi connectivity index (χ4n) is 5.02. The first-order valence-corrected chi connectivity index (χ1v) is 10.3. The van der Waals surface area contributed by atoms with Crippen molar-refractivity contribution in [3.63, 3.8) is 0 Å². The number of nitrogens with zero attached hydrogens (tertiary/aromatic N) is 3. The van der Waals surface area contributed by atoms with Crippen LogP contribution < -0.4 is 5.32 Å². The van der Waals surface area contributed by atoms with E-state index in [0.717, 1.165) is 4.68 Å². The normalized spacial score (nSPS) is 33.2. The molecular formula is C18H24N4O16. The number of hydrogen-bond donors (Lipinski definition) is 16. The van der Waals surface area contributed by atoms with E-state index in [9.17, 15) is 81.4 Å². The smallest absolute Gasteiger partial charge is 0.351 e. The number of para-hydroxylation sites is 1. The van der Waals surface area contributed by atoms with Gasteiger partial charge in [-0.05, 0) is 6.07 Å². The van der Waals surface area contributed by atoms with E-state index in [4.69, 9.17) is 0 Å². The van der Waals surface area contributed by atoms with Gasteiger partial charge in [0.1, 0.15) is 6.04 Å². The number of amides is 1. The van der Waals surface area contributed by atoms with E-state index in [0.29, 0.717) is 5.52 Å². The molecule has 0 spiro atoms. The number of aromatic nitrogens is 2. The Morgan fingerprint density at radius 1 is 0.816 bits per heavy atom. The van der Waals surface area contributed by atoms with Crippen molar-refractivity contribution in [2.24, 2.45) is 7.05 Å². The highest BCUT2D eigenvalue weighted by atomic mass is 16.8. The molecule has 1 amide bonds. The molecule has 0 radical (unpaired) electrons. The van der Waals surface area contributed by atoms with Crippen LogP contribution in [0.3, 0.4) is 0 Å². The summed E-state index contributed by atoms with van der Waals surface area (Å²) < 4.78 is 1.14. The molecule has 0 aliphatic carbocycles. The van der Waals surface area contributed by atoms with Crippen LogP contribution in [0.2, 0.25) is 0 Å². The number of aryl methyl sites for hydroxylation is 1. The Morgan fingerprint density at radius 2 is 1.26 bits per heavy atom. The highest BCUT2D eigenvalue weighted by Crippen LogP contribution is 2.62. The van der Waals surface area contributed by atoms with Crippen LogP contribution in [0.5, 0.6) is 0 Å². The molecule has 0 saturated carbocycles. The monoisotopic (exact) mass is 552 g/mol. The molecule has 2 bridgehead atoms.